The molecule has 1 aliphatic carbocycles. The van der Waals surface area contributed by atoms with Crippen molar-refractivity contribution in [3.8, 4) is 11.5 Å². The second kappa shape index (κ2) is 14.3. The number of aryl methyl sites for hydroxylation is 1. The summed E-state index contributed by atoms with van der Waals surface area (Å²) in [6, 6.07) is 8.89. The lowest BCUT2D eigenvalue weighted by molar-refractivity contribution is -0.134. The van der Waals surface area contributed by atoms with Gasteiger partial charge in [0.05, 0.1) is 0 Å². The zero-order valence-corrected chi connectivity index (χ0v) is 22.9. The van der Waals surface area contributed by atoms with Gasteiger partial charge in [-0.3, -0.25) is 9.59 Å². The number of carbonyl (C=O) groups excluding carboxylic acids is 2. The number of aromatic hydroxyl groups is 1. The Hall–Kier alpha value is -3.17. The van der Waals surface area contributed by atoms with E-state index in [1.807, 2.05) is 18.2 Å². The quantitative estimate of drug-likeness (QED) is 0.228. The van der Waals surface area contributed by atoms with Crippen LogP contribution in [0.15, 0.2) is 30.3 Å². The Kier molecular flexibility index (Phi) is 10.6. The molecule has 1 aliphatic heterocycles. The van der Waals surface area contributed by atoms with Crippen molar-refractivity contribution in [1.82, 2.24) is 15.5 Å². The zero-order chi connectivity index (χ0) is 27.6. The van der Waals surface area contributed by atoms with E-state index in [0.717, 1.165) is 36.9 Å². The van der Waals surface area contributed by atoms with E-state index >= 15 is 0 Å². The Labute approximate surface area is 230 Å². The van der Waals surface area contributed by atoms with Gasteiger partial charge in [0.2, 0.25) is 5.91 Å². The third-order valence-electron chi connectivity index (χ3n) is 7.59. The Morgan fingerprint density at radius 1 is 1.08 bits per heavy atom. The first-order valence-corrected chi connectivity index (χ1v) is 14.2. The number of amides is 2. The van der Waals surface area contributed by atoms with Crippen molar-refractivity contribution in [2.45, 2.75) is 64.3 Å². The van der Waals surface area contributed by atoms with Gasteiger partial charge >= 0.3 is 0 Å². The van der Waals surface area contributed by atoms with Gasteiger partial charge in [0.25, 0.3) is 5.91 Å². The lowest BCUT2D eigenvalue weighted by atomic mass is 9.94. The lowest BCUT2D eigenvalue weighted by Gasteiger charge is -2.34. The minimum atomic E-state index is -0.279. The van der Waals surface area contributed by atoms with E-state index in [4.69, 9.17) is 4.74 Å². The number of ether oxygens (including phenoxy) is 1. The number of hydrogen-bond acceptors (Lipinski definition) is 6. The highest BCUT2D eigenvalue weighted by molar-refractivity contribution is 5.97. The number of hydrogen-bond donors (Lipinski definition) is 4. The fourth-order valence-electron chi connectivity index (χ4n) is 5.42. The van der Waals surface area contributed by atoms with E-state index in [2.05, 4.69) is 20.9 Å². The molecule has 0 spiro atoms. The molecule has 0 saturated heterocycles. The molecule has 4 N–H and O–H groups in total. The smallest absolute Gasteiger partial charge is 0.262 e. The number of phenolic OH excluding ortho intramolecular Hbond substituents is 1. The molecule has 39 heavy (non-hydrogen) atoms. The maximum atomic E-state index is 13.5. The van der Waals surface area contributed by atoms with E-state index in [1.54, 1.807) is 13.0 Å². The van der Waals surface area contributed by atoms with Crippen LogP contribution in [0.3, 0.4) is 0 Å². The summed E-state index contributed by atoms with van der Waals surface area (Å²) in [6.45, 7) is 5.13. The first-order valence-electron chi connectivity index (χ1n) is 14.2. The molecule has 0 radical (unpaired) electrons. The van der Waals surface area contributed by atoms with Crippen LogP contribution in [0.5, 0.6) is 11.5 Å². The number of halogens is 1. The predicted molar refractivity (Wildman–Crippen MR) is 150 cm³/mol. The van der Waals surface area contributed by atoms with Crippen LogP contribution < -0.4 is 20.7 Å². The Morgan fingerprint density at radius 3 is 2.64 bits per heavy atom. The van der Waals surface area contributed by atoms with Crippen LogP contribution in [0.1, 0.15) is 55.2 Å². The van der Waals surface area contributed by atoms with Gasteiger partial charge < -0.3 is 30.7 Å². The van der Waals surface area contributed by atoms with Crippen molar-refractivity contribution in [2.75, 3.05) is 44.6 Å². The first kappa shape index (κ1) is 28.8. The molecular formula is C30H41FN4O4. The third kappa shape index (κ3) is 8.16. The van der Waals surface area contributed by atoms with Gasteiger partial charge in [0, 0.05) is 32.1 Å². The summed E-state index contributed by atoms with van der Waals surface area (Å²) in [5.41, 5.74) is 2.99. The van der Waals surface area contributed by atoms with Crippen LogP contribution in [0.4, 0.5) is 10.1 Å². The first-order chi connectivity index (χ1) is 18.9. The number of nitrogens with zero attached hydrogens (tertiary/aromatic N) is 1. The van der Waals surface area contributed by atoms with Crippen molar-refractivity contribution in [3.05, 3.63) is 52.8 Å². The van der Waals surface area contributed by atoms with Crippen LogP contribution in [0.25, 0.3) is 0 Å². The van der Waals surface area contributed by atoms with E-state index in [1.165, 1.54) is 25.3 Å². The highest BCUT2D eigenvalue weighted by Crippen LogP contribution is 2.39. The molecule has 0 bridgehead atoms. The van der Waals surface area contributed by atoms with Crippen LogP contribution in [-0.2, 0) is 22.4 Å². The van der Waals surface area contributed by atoms with Gasteiger partial charge in [0.15, 0.2) is 12.4 Å². The summed E-state index contributed by atoms with van der Waals surface area (Å²) in [5, 5.41) is 19.5. The highest BCUT2D eigenvalue weighted by Gasteiger charge is 2.25. The van der Waals surface area contributed by atoms with Crippen LogP contribution in [0, 0.1) is 12.7 Å². The number of carbonyl (C=O) groups is 2. The number of phenols is 1. The van der Waals surface area contributed by atoms with Gasteiger partial charge in [-0.25, -0.2) is 4.39 Å². The van der Waals surface area contributed by atoms with Gasteiger partial charge in [-0.15, -0.1) is 0 Å². The molecule has 0 unspecified atom stereocenters. The molecule has 2 aromatic carbocycles. The average Bonchev–Trinajstić information content (AvgIpc) is 2.94. The molecule has 1 saturated carbocycles. The van der Waals surface area contributed by atoms with Crippen LogP contribution in [-0.4, -0.2) is 67.2 Å². The molecule has 0 aromatic heterocycles. The lowest BCUT2D eigenvalue weighted by Crippen LogP contribution is -2.45. The van der Waals surface area contributed by atoms with Gasteiger partial charge in [-0.05, 0) is 74.5 Å². The topological polar surface area (TPSA) is 103 Å². The van der Waals surface area contributed by atoms with E-state index < -0.39 is 0 Å². The molecule has 4 rings (SSSR count). The average molecular weight is 541 g/mol. The fraction of sp³-hybridized carbons (Fsp3) is 0.533. The Balaban J connectivity index is 1.21. The van der Waals surface area contributed by atoms with Gasteiger partial charge in [-0.2, -0.15) is 0 Å². The minimum Gasteiger partial charge on any atom is -0.506 e. The molecule has 1 fully saturated rings. The SMILES string of the molecule is Cc1cc(CCNCCC(=O)N(CCNCCc2ccc(O)c3c2OCC(=O)N3)C2CCCCC2)ccc1F. The van der Waals surface area contributed by atoms with Gasteiger partial charge in [-0.1, -0.05) is 37.5 Å². The monoisotopic (exact) mass is 540 g/mol. The molecule has 0 atom stereocenters. The second-order valence-corrected chi connectivity index (χ2v) is 10.5. The molecule has 9 heteroatoms. The maximum Gasteiger partial charge on any atom is 0.262 e. The standard InChI is InChI=1S/C30H41FN4O4/c1-21-19-22(7-9-25(21)31)11-14-32-16-13-28(38)35(24-5-3-2-4-6-24)18-17-33-15-12-23-8-10-26(36)29-30(23)39-20-27(37)34-29/h7-10,19,24,32-33,36H,2-6,11-18,20H2,1H3,(H,34,37). The van der Waals surface area contributed by atoms with E-state index in [0.29, 0.717) is 62.1 Å². The fourth-order valence-corrected chi connectivity index (χ4v) is 5.42. The Morgan fingerprint density at radius 2 is 1.85 bits per heavy atom. The van der Waals surface area contributed by atoms with Crippen molar-refractivity contribution in [3.63, 3.8) is 0 Å². The molecule has 212 valence electrons. The third-order valence-corrected chi connectivity index (χ3v) is 7.59. The van der Waals surface area contributed by atoms with Crippen molar-refractivity contribution in [1.29, 1.82) is 0 Å². The van der Waals surface area contributed by atoms with Crippen molar-refractivity contribution >= 4 is 17.5 Å². The number of anilines is 1. The van der Waals surface area contributed by atoms with Gasteiger partial charge in [0.1, 0.15) is 17.3 Å². The number of fused-ring (bicyclic) bond motifs is 1. The summed E-state index contributed by atoms with van der Waals surface area (Å²) in [7, 11) is 0. The van der Waals surface area contributed by atoms with Crippen molar-refractivity contribution < 1.29 is 23.8 Å². The van der Waals surface area contributed by atoms with E-state index in [-0.39, 0.29) is 30.0 Å². The van der Waals surface area contributed by atoms with Crippen LogP contribution in [0.2, 0.25) is 0 Å². The number of rotatable bonds is 13. The normalized spacial score (nSPS) is 15.4. The summed E-state index contributed by atoms with van der Waals surface area (Å²) >= 11 is 0. The molecule has 2 amide bonds. The summed E-state index contributed by atoms with van der Waals surface area (Å²) in [5.74, 6) is 0.246. The summed E-state index contributed by atoms with van der Waals surface area (Å²) < 4.78 is 19.0. The predicted octanol–water partition coefficient (Wildman–Crippen LogP) is 3.69. The number of nitrogens with one attached hydrogen (secondary N) is 3. The minimum absolute atomic E-state index is 0.00330. The largest absolute Gasteiger partial charge is 0.506 e. The second-order valence-electron chi connectivity index (χ2n) is 10.5. The molecule has 2 aliphatic rings. The molecular weight excluding hydrogens is 499 g/mol. The molecule has 2 aromatic rings. The highest BCUT2D eigenvalue weighted by atomic mass is 19.1. The summed E-state index contributed by atoms with van der Waals surface area (Å²) in [4.78, 5) is 26.9. The Bertz CT molecular complexity index is 1140. The van der Waals surface area contributed by atoms with Crippen LogP contribution >= 0.6 is 0 Å². The zero-order valence-electron chi connectivity index (χ0n) is 22.9. The maximum absolute atomic E-state index is 13.5. The number of benzene rings is 2. The summed E-state index contributed by atoms with van der Waals surface area (Å²) in [6.07, 6.45) is 7.62. The van der Waals surface area contributed by atoms with E-state index in [9.17, 15) is 19.1 Å². The molecule has 8 nitrogen and oxygen atoms in total. The molecule has 1 heterocycles. The van der Waals surface area contributed by atoms with Crippen molar-refractivity contribution in [2.24, 2.45) is 0 Å².